The van der Waals surface area contributed by atoms with Crippen LogP contribution in [0.4, 0.5) is 0 Å². The minimum atomic E-state index is 1.09. The van der Waals surface area contributed by atoms with Crippen LogP contribution in [0.15, 0.2) is 33.4 Å². The molecule has 0 aliphatic heterocycles. The van der Waals surface area contributed by atoms with Gasteiger partial charge in [-0.1, -0.05) is 24.3 Å². The number of thiophene rings is 1. The Hall–Kier alpha value is -0.600. The third-order valence-electron chi connectivity index (χ3n) is 2.52. The molecule has 3 rings (SSSR count). The van der Waals surface area contributed by atoms with E-state index in [-0.39, 0.29) is 0 Å². The summed E-state index contributed by atoms with van der Waals surface area (Å²) in [6.45, 7) is 0. The first-order valence-electron chi connectivity index (χ1n) is 4.20. The lowest BCUT2D eigenvalue weighted by molar-refractivity contribution is 1.27. The van der Waals surface area contributed by atoms with Gasteiger partial charge in [-0.15, -0.1) is 11.3 Å². The predicted molar refractivity (Wildman–Crippen MR) is 60.3 cm³/mol. The van der Waals surface area contributed by atoms with E-state index in [0.717, 1.165) is 6.42 Å². The number of hydrogen-bond acceptors (Lipinski definition) is 1. The van der Waals surface area contributed by atoms with E-state index >= 15 is 0 Å². The van der Waals surface area contributed by atoms with Gasteiger partial charge in [0.2, 0.25) is 0 Å². The smallest absolute Gasteiger partial charge is 0.0740 e. The molecule has 2 heteroatoms. The minimum Gasteiger partial charge on any atom is -0.136 e. The van der Waals surface area contributed by atoms with Gasteiger partial charge in [0, 0.05) is 11.8 Å². The summed E-state index contributed by atoms with van der Waals surface area (Å²) in [6, 6.07) is 8.65. The lowest BCUT2D eigenvalue weighted by atomic mass is 10.1. The molecule has 0 atom stereocenters. The second kappa shape index (κ2) is 2.69. The first-order valence-corrected chi connectivity index (χ1v) is 5.87. The fraction of sp³-hybridized carbons (Fsp3) is 0.0909. The molecular formula is C11H7BrS. The van der Waals surface area contributed by atoms with Crippen molar-refractivity contribution in [2.45, 2.75) is 6.42 Å². The van der Waals surface area contributed by atoms with E-state index in [1.165, 1.54) is 26.0 Å². The van der Waals surface area contributed by atoms with Crippen molar-refractivity contribution in [3.8, 4) is 11.1 Å². The van der Waals surface area contributed by atoms with Crippen molar-refractivity contribution in [3.63, 3.8) is 0 Å². The zero-order valence-electron chi connectivity index (χ0n) is 6.88. The van der Waals surface area contributed by atoms with Crippen molar-refractivity contribution in [3.05, 3.63) is 44.6 Å². The van der Waals surface area contributed by atoms with E-state index in [1.54, 1.807) is 11.3 Å². The molecular weight excluding hydrogens is 244 g/mol. The molecule has 1 aliphatic carbocycles. The summed E-state index contributed by atoms with van der Waals surface area (Å²) in [4.78, 5) is 0. The van der Waals surface area contributed by atoms with Crippen LogP contribution in [0.3, 0.4) is 0 Å². The molecule has 64 valence electrons. The van der Waals surface area contributed by atoms with Crippen LogP contribution >= 0.6 is 27.3 Å². The van der Waals surface area contributed by atoms with Crippen LogP contribution in [0.25, 0.3) is 11.1 Å². The van der Waals surface area contributed by atoms with Crippen LogP contribution in [0.5, 0.6) is 0 Å². The lowest BCUT2D eigenvalue weighted by Crippen LogP contribution is -1.78. The van der Waals surface area contributed by atoms with E-state index < -0.39 is 0 Å². The number of fused-ring (bicyclic) bond motifs is 3. The molecule has 0 spiro atoms. The maximum absolute atomic E-state index is 3.59. The quantitative estimate of drug-likeness (QED) is 0.564. The van der Waals surface area contributed by atoms with Crippen LogP contribution in [-0.2, 0) is 6.42 Å². The Morgan fingerprint density at radius 2 is 2.00 bits per heavy atom. The molecule has 0 unspecified atom stereocenters. The van der Waals surface area contributed by atoms with Crippen LogP contribution in [0.1, 0.15) is 11.1 Å². The Morgan fingerprint density at radius 3 is 2.92 bits per heavy atom. The standard InChI is InChI=1S/C11H7BrS/c12-11-9-5-7-3-1-2-4-8(7)10(9)6-13-11/h1-4,6H,5H2. The van der Waals surface area contributed by atoms with Gasteiger partial charge >= 0.3 is 0 Å². The van der Waals surface area contributed by atoms with E-state index in [9.17, 15) is 0 Å². The molecule has 0 saturated heterocycles. The van der Waals surface area contributed by atoms with Gasteiger partial charge in [-0.05, 0) is 38.2 Å². The van der Waals surface area contributed by atoms with Crippen molar-refractivity contribution >= 4 is 27.3 Å². The topological polar surface area (TPSA) is 0 Å². The minimum absolute atomic E-state index is 1.09. The molecule has 1 aromatic carbocycles. The van der Waals surface area contributed by atoms with Gasteiger partial charge in [-0.25, -0.2) is 0 Å². The van der Waals surface area contributed by atoms with Gasteiger partial charge in [-0.3, -0.25) is 0 Å². The maximum Gasteiger partial charge on any atom is 0.0740 e. The summed E-state index contributed by atoms with van der Waals surface area (Å²) in [5, 5.41) is 2.24. The Kier molecular flexibility index (Phi) is 1.61. The second-order valence-corrected chi connectivity index (χ2v) is 5.43. The molecule has 0 N–H and O–H groups in total. The highest BCUT2D eigenvalue weighted by molar-refractivity contribution is 9.11. The molecule has 0 nitrogen and oxygen atoms in total. The summed E-state index contributed by atoms with van der Waals surface area (Å²) < 4.78 is 1.29. The van der Waals surface area contributed by atoms with Gasteiger partial charge in [0.25, 0.3) is 0 Å². The van der Waals surface area contributed by atoms with Crippen LogP contribution in [0.2, 0.25) is 0 Å². The SMILES string of the molecule is Brc1scc2c1Cc1ccccc1-2. The molecule has 0 fully saturated rings. The van der Waals surface area contributed by atoms with Gasteiger partial charge in [0.1, 0.15) is 0 Å². The van der Waals surface area contributed by atoms with Crippen molar-refractivity contribution < 1.29 is 0 Å². The van der Waals surface area contributed by atoms with Crippen LogP contribution in [-0.4, -0.2) is 0 Å². The lowest BCUT2D eigenvalue weighted by Gasteiger charge is -1.95. The summed E-state index contributed by atoms with van der Waals surface area (Å²) in [5.41, 5.74) is 5.76. The van der Waals surface area contributed by atoms with Gasteiger partial charge in [-0.2, -0.15) is 0 Å². The average Bonchev–Trinajstić information content (AvgIpc) is 2.67. The molecule has 1 heterocycles. The first-order chi connectivity index (χ1) is 6.36. The van der Waals surface area contributed by atoms with E-state index in [2.05, 4.69) is 45.6 Å². The Balaban J connectivity index is 2.32. The van der Waals surface area contributed by atoms with E-state index in [1.807, 2.05) is 0 Å². The number of benzene rings is 1. The number of halogens is 1. The molecule has 0 saturated carbocycles. The van der Waals surface area contributed by atoms with Gasteiger partial charge < -0.3 is 0 Å². The summed E-state index contributed by atoms with van der Waals surface area (Å²) in [5.74, 6) is 0. The second-order valence-electron chi connectivity index (χ2n) is 3.24. The highest BCUT2D eigenvalue weighted by Crippen LogP contribution is 2.43. The van der Waals surface area contributed by atoms with Gasteiger partial charge in [0.15, 0.2) is 0 Å². The molecule has 0 radical (unpaired) electrons. The third kappa shape index (κ3) is 1.02. The van der Waals surface area contributed by atoms with Crippen LogP contribution in [0, 0.1) is 0 Å². The van der Waals surface area contributed by atoms with Crippen molar-refractivity contribution in [2.24, 2.45) is 0 Å². The van der Waals surface area contributed by atoms with E-state index in [0.29, 0.717) is 0 Å². The highest BCUT2D eigenvalue weighted by atomic mass is 79.9. The molecule has 2 aromatic rings. The molecule has 13 heavy (non-hydrogen) atoms. The molecule has 0 amide bonds. The Morgan fingerprint density at radius 1 is 1.15 bits per heavy atom. The highest BCUT2D eigenvalue weighted by Gasteiger charge is 2.20. The fourth-order valence-electron chi connectivity index (χ4n) is 1.88. The van der Waals surface area contributed by atoms with Crippen LogP contribution < -0.4 is 0 Å². The predicted octanol–water partition coefficient (Wildman–Crippen LogP) is 4.08. The molecule has 0 bridgehead atoms. The van der Waals surface area contributed by atoms with Gasteiger partial charge in [0.05, 0.1) is 3.79 Å². The van der Waals surface area contributed by atoms with Crippen molar-refractivity contribution in [1.82, 2.24) is 0 Å². The number of rotatable bonds is 0. The third-order valence-corrected chi connectivity index (χ3v) is 4.36. The van der Waals surface area contributed by atoms with E-state index in [4.69, 9.17) is 0 Å². The average molecular weight is 251 g/mol. The summed E-state index contributed by atoms with van der Waals surface area (Å²) >= 11 is 5.38. The summed E-state index contributed by atoms with van der Waals surface area (Å²) in [7, 11) is 0. The first kappa shape index (κ1) is 7.77. The largest absolute Gasteiger partial charge is 0.136 e. The monoisotopic (exact) mass is 250 g/mol. The maximum atomic E-state index is 3.59. The Labute approximate surface area is 89.4 Å². The van der Waals surface area contributed by atoms with Crippen molar-refractivity contribution in [2.75, 3.05) is 0 Å². The van der Waals surface area contributed by atoms with Crippen molar-refractivity contribution in [1.29, 1.82) is 0 Å². The number of hydrogen-bond donors (Lipinski definition) is 0. The summed E-state index contributed by atoms with van der Waals surface area (Å²) in [6.07, 6.45) is 1.09. The molecule has 1 aromatic heterocycles. The zero-order valence-corrected chi connectivity index (χ0v) is 9.28. The molecule has 1 aliphatic rings. The normalized spacial score (nSPS) is 12.7. The fourth-order valence-corrected chi connectivity index (χ4v) is 3.33. The Bertz CT molecular complexity index is 471. The zero-order chi connectivity index (χ0) is 8.84.